The highest BCUT2D eigenvalue weighted by Gasteiger charge is 2.49. The highest BCUT2D eigenvalue weighted by Crippen LogP contribution is 2.48. The van der Waals surface area contributed by atoms with Crippen LogP contribution in [0, 0.1) is 22.2 Å². The zero-order valence-corrected chi connectivity index (χ0v) is 16.3. The van der Waals surface area contributed by atoms with E-state index in [-0.39, 0.29) is 22.4 Å². The molecule has 0 aromatic heterocycles. The number of carbonyl (C=O) groups is 1. The van der Waals surface area contributed by atoms with Crippen LogP contribution in [0.25, 0.3) is 0 Å². The number of ether oxygens (including phenoxy) is 1. The lowest BCUT2D eigenvalue weighted by Crippen LogP contribution is -2.48. The Kier molecular flexibility index (Phi) is 6.14. The normalized spacial score (nSPS) is 19.0. The minimum absolute atomic E-state index is 0.0528. The lowest BCUT2D eigenvalue weighted by Gasteiger charge is -2.46. The summed E-state index contributed by atoms with van der Waals surface area (Å²) in [6.07, 6.45) is 1.66. The maximum atomic E-state index is 13.0. The molecule has 0 radical (unpaired) electrons. The van der Waals surface area contributed by atoms with E-state index >= 15 is 0 Å². The molecule has 0 N–H and O–H groups in total. The van der Waals surface area contributed by atoms with Crippen molar-refractivity contribution < 1.29 is 9.53 Å². The molecule has 0 bridgehead atoms. The van der Waals surface area contributed by atoms with Crippen molar-refractivity contribution in [1.29, 1.82) is 0 Å². The first-order valence-corrected chi connectivity index (χ1v) is 8.32. The molecule has 21 heavy (non-hydrogen) atoms. The smallest absolute Gasteiger partial charge is 0.312 e. The van der Waals surface area contributed by atoms with Crippen molar-refractivity contribution in [3.05, 3.63) is 0 Å². The minimum Gasteiger partial charge on any atom is -0.459 e. The van der Waals surface area contributed by atoms with Crippen molar-refractivity contribution in [2.75, 3.05) is 0 Å². The third kappa shape index (κ3) is 5.00. The molecule has 2 heteroatoms. The molecule has 126 valence electrons. The standard InChI is InChI=1S/C19H38O2/c1-12-19(11,14(2)3)21-15(20)18(10,17(7,8)9)13-16(4,5)6/h14H,12-13H2,1-11H3. The molecule has 0 aromatic rings. The van der Waals surface area contributed by atoms with Crippen LogP contribution in [-0.2, 0) is 9.53 Å². The number of carbonyl (C=O) groups excluding carboxylic acids is 1. The van der Waals surface area contributed by atoms with Crippen LogP contribution in [0.1, 0.15) is 89.0 Å². The SMILES string of the molecule is CCC(C)(OC(=O)C(C)(CC(C)(C)C)C(C)(C)C)C(C)C. The Hall–Kier alpha value is -0.530. The van der Waals surface area contributed by atoms with Gasteiger partial charge in [-0.25, -0.2) is 0 Å². The van der Waals surface area contributed by atoms with Crippen molar-refractivity contribution in [2.24, 2.45) is 22.2 Å². The van der Waals surface area contributed by atoms with E-state index in [4.69, 9.17) is 4.74 Å². The Morgan fingerprint density at radius 2 is 1.38 bits per heavy atom. The zero-order chi connectivity index (χ0) is 17.3. The van der Waals surface area contributed by atoms with Gasteiger partial charge in [0.15, 0.2) is 0 Å². The van der Waals surface area contributed by atoms with Crippen LogP contribution >= 0.6 is 0 Å². The van der Waals surface area contributed by atoms with Crippen LogP contribution in [0.3, 0.4) is 0 Å². The Labute approximate surface area is 133 Å². The molecule has 0 heterocycles. The predicted octanol–water partition coefficient (Wildman–Crippen LogP) is 5.84. The summed E-state index contributed by atoms with van der Waals surface area (Å²) in [5.74, 6) is 0.258. The summed E-state index contributed by atoms with van der Waals surface area (Å²) in [5.41, 5.74) is -0.928. The second-order valence-electron chi connectivity index (χ2n) is 9.53. The van der Waals surface area contributed by atoms with Gasteiger partial charge in [-0.05, 0) is 43.4 Å². The highest BCUT2D eigenvalue weighted by molar-refractivity contribution is 5.78. The average Bonchev–Trinajstić information content (AvgIpc) is 2.24. The fourth-order valence-electron chi connectivity index (χ4n) is 2.63. The zero-order valence-electron chi connectivity index (χ0n) is 16.3. The van der Waals surface area contributed by atoms with E-state index in [1.165, 1.54) is 0 Å². The van der Waals surface area contributed by atoms with Gasteiger partial charge in [-0.3, -0.25) is 4.79 Å². The first-order valence-electron chi connectivity index (χ1n) is 8.32. The Morgan fingerprint density at radius 1 is 0.952 bits per heavy atom. The van der Waals surface area contributed by atoms with Gasteiger partial charge in [-0.1, -0.05) is 62.3 Å². The van der Waals surface area contributed by atoms with Crippen LogP contribution in [0.5, 0.6) is 0 Å². The summed E-state index contributed by atoms with van der Waals surface area (Å²) < 4.78 is 6.05. The van der Waals surface area contributed by atoms with E-state index in [1.807, 2.05) is 0 Å². The van der Waals surface area contributed by atoms with Crippen LogP contribution < -0.4 is 0 Å². The van der Waals surface area contributed by atoms with Gasteiger partial charge >= 0.3 is 5.97 Å². The van der Waals surface area contributed by atoms with Crippen LogP contribution in [0.15, 0.2) is 0 Å². The Morgan fingerprint density at radius 3 is 1.62 bits per heavy atom. The van der Waals surface area contributed by atoms with E-state index in [9.17, 15) is 4.79 Å². The molecule has 0 saturated carbocycles. The third-order valence-corrected chi connectivity index (χ3v) is 5.24. The largest absolute Gasteiger partial charge is 0.459 e. The number of hydrogen-bond donors (Lipinski definition) is 0. The predicted molar refractivity (Wildman–Crippen MR) is 91.3 cm³/mol. The van der Waals surface area contributed by atoms with Crippen LogP contribution in [0.4, 0.5) is 0 Å². The maximum Gasteiger partial charge on any atom is 0.312 e. The highest BCUT2D eigenvalue weighted by atomic mass is 16.6. The summed E-state index contributed by atoms with van der Waals surface area (Å²) in [5, 5.41) is 0. The molecule has 2 atom stereocenters. The molecular formula is C19H38O2. The van der Waals surface area contributed by atoms with Gasteiger partial charge in [0.1, 0.15) is 5.60 Å². The topological polar surface area (TPSA) is 26.3 Å². The van der Waals surface area contributed by atoms with Gasteiger partial charge in [-0.15, -0.1) is 0 Å². The second-order valence-corrected chi connectivity index (χ2v) is 9.53. The molecule has 0 rings (SSSR count). The molecule has 0 saturated heterocycles. The maximum absolute atomic E-state index is 13.0. The van der Waals surface area contributed by atoms with Crippen LogP contribution in [0.2, 0.25) is 0 Å². The Balaban J connectivity index is 5.53. The quantitative estimate of drug-likeness (QED) is 0.596. The molecule has 0 amide bonds. The van der Waals surface area contributed by atoms with E-state index in [2.05, 4.69) is 76.2 Å². The molecule has 0 aliphatic heterocycles. The summed E-state index contributed by atoms with van der Waals surface area (Å²) in [7, 11) is 0. The van der Waals surface area contributed by atoms with Gasteiger partial charge in [-0.2, -0.15) is 0 Å². The first-order chi connectivity index (χ1) is 9.09. The van der Waals surface area contributed by atoms with Gasteiger partial charge in [0, 0.05) is 0 Å². The lowest BCUT2D eigenvalue weighted by atomic mass is 9.61. The molecule has 2 unspecified atom stereocenters. The molecule has 0 aromatic carbocycles. The second kappa shape index (κ2) is 6.30. The Bertz CT molecular complexity index is 357. The summed E-state index contributed by atoms with van der Waals surface area (Å²) in [4.78, 5) is 13.0. The molecule has 2 nitrogen and oxygen atoms in total. The van der Waals surface area contributed by atoms with Crippen molar-refractivity contribution >= 4 is 5.97 Å². The number of hydrogen-bond acceptors (Lipinski definition) is 2. The average molecular weight is 299 g/mol. The van der Waals surface area contributed by atoms with Gasteiger partial charge < -0.3 is 4.74 Å². The van der Waals surface area contributed by atoms with Crippen molar-refractivity contribution in [1.82, 2.24) is 0 Å². The van der Waals surface area contributed by atoms with Crippen molar-refractivity contribution in [3.63, 3.8) is 0 Å². The van der Waals surface area contributed by atoms with E-state index in [0.29, 0.717) is 5.92 Å². The van der Waals surface area contributed by atoms with Crippen molar-refractivity contribution in [2.45, 2.75) is 94.6 Å². The summed E-state index contributed by atoms with van der Waals surface area (Å²) in [6, 6.07) is 0. The monoisotopic (exact) mass is 298 g/mol. The van der Waals surface area contributed by atoms with Gasteiger partial charge in [0.2, 0.25) is 0 Å². The van der Waals surface area contributed by atoms with Crippen LogP contribution in [-0.4, -0.2) is 11.6 Å². The first kappa shape index (κ1) is 20.5. The van der Waals surface area contributed by atoms with E-state index in [1.54, 1.807) is 0 Å². The van der Waals surface area contributed by atoms with E-state index in [0.717, 1.165) is 12.8 Å². The minimum atomic E-state index is -0.490. The summed E-state index contributed by atoms with van der Waals surface area (Å²) >= 11 is 0. The van der Waals surface area contributed by atoms with Gasteiger partial charge in [0.25, 0.3) is 0 Å². The van der Waals surface area contributed by atoms with E-state index < -0.39 is 5.41 Å². The fraction of sp³-hybridized carbons (Fsp3) is 0.947. The molecular weight excluding hydrogens is 260 g/mol. The molecule has 0 aliphatic carbocycles. The number of rotatable bonds is 5. The third-order valence-electron chi connectivity index (χ3n) is 5.24. The molecule has 0 fully saturated rings. The van der Waals surface area contributed by atoms with Crippen molar-refractivity contribution in [3.8, 4) is 0 Å². The molecule has 0 spiro atoms. The van der Waals surface area contributed by atoms with Gasteiger partial charge in [0.05, 0.1) is 5.41 Å². The number of esters is 1. The fourth-order valence-corrected chi connectivity index (χ4v) is 2.63. The summed E-state index contributed by atoms with van der Waals surface area (Å²) in [6.45, 7) is 23.4. The molecule has 0 aliphatic rings. The lowest BCUT2D eigenvalue weighted by molar-refractivity contribution is -0.184.